The van der Waals surface area contributed by atoms with Gasteiger partial charge >= 0.3 is 5.97 Å². The first-order valence-corrected chi connectivity index (χ1v) is 6.75. The summed E-state index contributed by atoms with van der Waals surface area (Å²) in [5, 5.41) is 10.3. The van der Waals surface area contributed by atoms with Gasteiger partial charge in [0.1, 0.15) is 6.04 Å². The predicted molar refractivity (Wildman–Crippen MR) is 72.4 cm³/mol. The summed E-state index contributed by atoms with van der Waals surface area (Å²) in [5.74, 6) is -0.798. The molecule has 0 saturated carbocycles. The maximum Gasteiger partial charge on any atom is 0.321 e. The number of halogens is 2. The third kappa shape index (κ3) is 2.97. The average molecular weight is 288 g/mol. The minimum absolute atomic E-state index is 0.398. The van der Waals surface area contributed by atoms with Crippen molar-refractivity contribution in [1.29, 1.82) is 0 Å². The minimum Gasteiger partial charge on any atom is -0.480 e. The van der Waals surface area contributed by atoms with E-state index in [9.17, 15) is 9.90 Å². The van der Waals surface area contributed by atoms with Gasteiger partial charge in [-0.25, -0.2) is 0 Å². The Kier molecular flexibility index (Phi) is 4.49. The lowest BCUT2D eigenvalue weighted by atomic mass is 10.0. The van der Waals surface area contributed by atoms with Gasteiger partial charge in [-0.15, -0.1) is 0 Å². The molecule has 1 atom stereocenters. The third-order valence-corrected chi connectivity index (χ3v) is 4.17. The van der Waals surface area contributed by atoms with E-state index in [-0.39, 0.29) is 0 Å². The Balaban J connectivity index is 2.18. The number of nitrogens with zero attached hydrogens (tertiary/aromatic N) is 1. The first-order chi connectivity index (χ1) is 8.59. The van der Waals surface area contributed by atoms with Crippen molar-refractivity contribution in [3.8, 4) is 0 Å². The number of carbonyl (C=O) groups is 1. The maximum absolute atomic E-state index is 11.4. The largest absolute Gasteiger partial charge is 0.480 e. The van der Waals surface area contributed by atoms with Gasteiger partial charge in [-0.05, 0) is 37.6 Å². The lowest BCUT2D eigenvalue weighted by Crippen LogP contribution is -2.40. The zero-order chi connectivity index (χ0) is 13.1. The van der Waals surface area contributed by atoms with Crippen LogP contribution < -0.4 is 0 Å². The smallest absolute Gasteiger partial charge is 0.321 e. The van der Waals surface area contributed by atoms with Gasteiger partial charge in [-0.2, -0.15) is 0 Å². The Morgan fingerprint density at radius 1 is 1.33 bits per heavy atom. The second kappa shape index (κ2) is 5.91. The monoisotopic (exact) mass is 287 g/mol. The Morgan fingerprint density at radius 2 is 2.00 bits per heavy atom. The number of rotatable bonds is 4. The van der Waals surface area contributed by atoms with Crippen LogP contribution in [0.2, 0.25) is 10.0 Å². The molecular formula is C13H15Cl2NO2. The molecule has 1 N–H and O–H groups in total. The highest BCUT2D eigenvalue weighted by Crippen LogP contribution is 2.27. The average Bonchev–Trinajstić information content (AvgIpc) is 2.84. The van der Waals surface area contributed by atoms with Crippen molar-refractivity contribution in [2.24, 2.45) is 0 Å². The van der Waals surface area contributed by atoms with Gasteiger partial charge in [-0.3, -0.25) is 9.69 Å². The summed E-state index contributed by atoms with van der Waals surface area (Å²) in [4.78, 5) is 13.4. The molecule has 0 aromatic heterocycles. The Morgan fingerprint density at radius 3 is 2.61 bits per heavy atom. The molecule has 1 heterocycles. The van der Waals surface area contributed by atoms with Crippen LogP contribution in [-0.2, 0) is 11.2 Å². The van der Waals surface area contributed by atoms with E-state index < -0.39 is 12.0 Å². The van der Waals surface area contributed by atoms with E-state index in [4.69, 9.17) is 23.2 Å². The summed E-state index contributed by atoms with van der Waals surface area (Å²) in [6.45, 7) is 1.68. The third-order valence-electron chi connectivity index (χ3n) is 3.31. The molecule has 3 nitrogen and oxygen atoms in total. The fraction of sp³-hybridized carbons (Fsp3) is 0.462. The molecule has 1 aromatic rings. The van der Waals surface area contributed by atoms with E-state index in [2.05, 4.69) is 0 Å². The van der Waals surface area contributed by atoms with Crippen molar-refractivity contribution in [3.05, 3.63) is 33.8 Å². The van der Waals surface area contributed by atoms with E-state index in [0.717, 1.165) is 31.5 Å². The van der Waals surface area contributed by atoms with Crippen LogP contribution in [-0.4, -0.2) is 35.1 Å². The standard InChI is InChI=1S/C13H15Cl2NO2/c14-10-5-3-4-9(12(10)15)8-11(13(17)18)16-6-1-2-7-16/h3-5,11H,1-2,6-8H2,(H,17,18)/t11-/m1/s1. The number of benzene rings is 1. The summed E-state index contributed by atoms with van der Waals surface area (Å²) in [6.07, 6.45) is 2.52. The number of aliphatic carboxylic acids is 1. The van der Waals surface area contributed by atoms with E-state index >= 15 is 0 Å². The van der Waals surface area contributed by atoms with Gasteiger partial charge in [0.2, 0.25) is 0 Å². The lowest BCUT2D eigenvalue weighted by molar-refractivity contribution is -0.142. The predicted octanol–water partition coefficient (Wildman–Crippen LogP) is 3.08. The second-order valence-corrected chi connectivity index (χ2v) is 5.30. The molecule has 2 rings (SSSR count). The first-order valence-electron chi connectivity index (χ1n) is 5.99. The van der Waals surface area contributed by atoms with E-state index in [1.54, 1.807) is 12.1 Å². The summed E-state index contributed by atoms with van der Waals surface area (Å²) in [5.41, 5.74) is 0.795. The highest BCUT2D eigenvalue weighted by atomic mass is 35.5. The fourth-order valence-electron chi connectivity index (χ4n) is 2.34. The van der Waals surface area contributed by atoms with Gasteiger partial charge in [0.05, 0.1) is 10.0 Å². The van der Waals surface area contributed by atoms with Crippen LogP contribution in [0.1, 0.15) is 18.4 Å². The Labute approximate surface area is 116 Å². The highest BCUT2D eigenvalue weighted by molar-refractivity contribution is 6.42. The van der Waals surface area contributed by atoms with Crippen LogP contribution >= 0.6 is 23.2 Å². The van der Waals surface area contributed by atoms with Crippen LogP contribution in [0.4, 0.5) is 0 Å². The molecule has 1 aliphatic rings. The molecule has 0 radical (unpaired) electrons. The van der Waals surface area contributed by atoms with Crippen molar-refractivity contribution in [2.45, 2.75) is 25.3 Å². The number of likely N-dealkylation sites (tertiary alicyclic amines) is 1. The quantitative estimate of drug-likeness (QED) is 0.925. The summed E-state index contributed by atoms with van der Waals surface area (Å²) in [6, 6.07) is 4.83. The number of hydrogen-bond acceptors (Lipinski definition) is 2. The topological polar surface area (TPSA) is 40.5 Å². The van der Waals surface area contributed by atoms with Crippen molar-refractivity contribution < 1.29 is 9.90 Å². The van der Waals surface area contributed by atoms with Crippen LogP contribution in [0.15, 0.2) is 18.2 Å². The first kappa shape index (κ1) is 13.7. The summed E-state index contributed by atoms with van der Waals surface area (Å²) < 4.78 is 0. The van der Waals surface area contributed by atoms with Crippen LogP contribution in [0.25, 0.3) is 0 Å². The SMILES string of the molecule is O=C(O)[C@@H](Cc1cccc(Cl)c1Cl)N1CCCC1. The normalized spacial score (nSPS) is 17.9. The van der Waals surface area contributed by atoms with Crippen molar-refractivity contribution in [1.82, 2.24) is 4.90 Å². The molecule has 0 spiro atoms. The van der Waals surface area contributed by atoms with Crippen molar-refractivity contribution in [3.63, 3.8) is 0 Å². The Bertz CT molecular complexity index is 445. The van der Waals surface area contributed by atoms with Crippen LogP contribution in [0, 0.1) is 0 Å². The molecule has 0 amide bonds. The zero-order valence-corrected chi connectivity index (χ0v) is 11.4. The second-order valence-electron chi connectivity index (χ2n) is 4.51. The number of carboxylic acid groups (broad SMARTS) is 1. The van der Waals surface area contributed by atoms with E-state index in [1.807, 2.05) is 11.0 Å². The van der Waals surface area contributed by atoms with E-state index in [1.165, 1.54) is 0 Å². The Hall–Kier alpha value is -0.770. The lowest BCUT2D eigenvalue weighted by Gasteiger charge is -2.24. The molecule has 0 bridgehead atoms. The minimum atomic E-state index is -0.798. The van der Waals surface area contributed by atoms with Gasteiger partial charge in [0, 0.05) is 6.42 Å². The molecular weight excluding hydrogens is 273 g/mol. The molecule has 5 heteroatoms. The number of hydrogen-bond donors (Lipinski definition) is 1. The van der Waals surface area contributed by atoms with Gasteiger partial charge in [0.25, 0.3) is 0 Å². The maximum atomic E-state index is 11.4. The van der Waals surface area contributed by atoms with Gasteiger partial charge in [-0.1, -0.05) is 35.3 Å². The fourth-order valence-corrected chi connectivity index (χ4v) is 2.74. The number of carboxylic acids is 1. The molecule has 0 aliphatic carbocycles. The van der Waals surface area contributed by atoms with Gasteiger partial charge < -0.3 is 5.11 Å². The molecule has 1 aliphatic heterocycles. The zero-order valence-electron chi connectivity index (χ0n) is 9.90. The van der Waals surface area contributed by atoms with Crippen LogP contribution in [0.3, 0.4) is 0 Å². The van der Waals surface area contributed by atoms with E-state index in [0.29, 0.717) is 16.5 Å². The molecule has 1 saturated heterocycles. The van der Waals surface area contributed by atoms with Crippen molar-refractivity contribution in [2.75, 3.05) is 13.1 Å². The molecule has 98 valence electrons. The van der Waals surface area contributed by atoms with Crippen LogP contribution in [0.5, 0.6) is 0 Å². The molecule has 0 unspecified atom stereocenters. The van der Waals surface area contributed by atoms with Crippen molar-refractivity contribution >= 4 is 29.2 Å². The van der Waals surface area contributed by atoms with Gasteiger partial charge in [0.15, 0.2) is 0 Å². The molecule has 18 heavy (non-hydrogen) atoms. The molecule has 1 aromatic carbocycles. The summed E-state index contributed by atoms with van der Waals surface area (Å²) in [7, 11) is 0. The molecule has 1 fully saturated rings. The highest BCUT2D eigenvalue weighted by Gasteiger charge is 2.28. The summed E-state index contributed by atoms with van der Waals surface area (Å²) >= 11 is 12.0.